The molecular formula is C27H22F6N2O2. The van der Waals surface area contributed by atoms with Crippen molar-refractivity contribution in [1.29, 1.82) is 0 Å². The van der Waals surface area contributed by atoms with Crippen molar-refractivity contribution in [3.63, 3.8) is 0 Å². The maximum atomic E-state index is 13.4. The number of hydrogen-bond acceptors (Lipinski definition) is 3. The highest BCUT2D eigenvalue weighted by atomic mass is 19.4. The fraction of sp³-hybridized carbons (Fsp3) is 0.259. The van der Waals surface area contributed by atoms with E-state index in [1.54, 1.807) is 18.2 Å². The summed E-state index contributed by atoms with van der Waals surface area (Å²) in [5.41, 5.74) is -4.69. The molecule has 0 saturated heterocycles. The number of aliphatic hydroxyl groups is 1. The number of aromatic nitrogens is 2. The molecule has 0 unspecified atom stereocenters. The van der Waals surface area contributed by atoms with Crippen molar-refractivity contribution in [3.05, 3.63) is 106 Å². The second kappa shape index (κ2) is 9.33. The summed E-state index contributed by atoms with van der Waals surface area (Å²) < 4.78 is 80.9. The molecule has 0 aliphatic rings. The summed E-state index contributed by atoms with van der Waals surface area (Å²) in [4.78, 5) is 18.0. The highest BCUT2D eigenvalue weighted by Gasteiger charge is 2.71. The van der Waals surface area contributed by atoms with Crippen LogP contribution in [0, 0.1) is 0 Å². The molecule has 4 rings (SSSR count). The smallest absolute Gasteiger partial charge is 0.369 e. The molecule has 0 radical (unpaired) electrons. The molecule has 0 spiro atoms. The molecule has 3 aromatic carbocycles. The lowest BCUT2D eigenvalue weighted by molar-refractivity contribution is -0.376. The molecule has 0 amide bonds. The number of alkyl halides is 6. The lowest BCUT2D eigenvalue weighted by atomic mass is 9.92. The first-order chi connectivity index (χ1) is 17.2. The van der Waals surface area contributed by atoms with Gasteiger partial charge in [0.25, 0.3) is 11.2 Å². The average molecular weight is 520 g/mol. The summed E-state index contributed by atoms with van der Waals surface area (Å²) in [5.74, 6) is 0.548. The van der Waals surface area contributed by atoms with Crippen LogP contribution in [0.2, 0.25) is 0 Å². The van der Waals surface area contributed by atoms with Crippen LogP contribution in [-0.4, -0.2) is 27.0 Å². The summed E-state index contributed by atoms with van der Waals surface area (Å²) in [7, 11) is 0. The fourth-order valence-electron chi connectivity index (χ4n) is 4.11. The zero-order chi connectivity index (χ0) is 27.2. The standard InChI is InChI=1S/C27H22F6N2O2/c1-16(2)18-9-7-17(8-10-18)15-23-34-22-6-4-3-5-21(22)24(36)35(23)20-13-11-19(12-14-20)25(37,26(28,29)30)27(31,32)33/h3-14,16,37H,15H2,1-2H3. The molecule has 0 fully saturated rings. The van der Waals surface area contributed by atoms with Crippen LogP contribution in [0.25, 0.3) is 16.6 Å². The zero-order valence-corrected chi connectivity index (χ0v) is 19.7. The van der Waals surface area contributed by atoms with Crippen LogP contribution >= 0.6 is 0 Å². The number of benzene rings is 3. The molecule has 194 valence electrons. The molecule has 0 bridgehead atoms. The maximum absolute atomic E-state index is 13.4. The van der Waals surface area contributed by atoms with E-state index in [1.807, 2.05) is 38.1 Å². The maximum Gasteiger partial charge on any atom is 0.430 e. The van der Waals surface area contributed by atoms with Crippen LogP contribution in [0.5, 0.6) is 0 Å². The number of hydrogen-bond donors (Lipinski definition) is 1. The highest BCUT2D eigenvalue weighted by molar-refractivity contribution is 5.77. The topological polar surface area (TPSA) is 55.1 Å². The van der Waals surface area contributed by atoms with Crippen LogP contribution in [0.4, 0.5) is 26.3 Å². The Labute approximate surface area is 207 Å². The van der Waals surface area contributed by atoms with Crippen LogP contribution in [0.15, 0.2) is 77.6 Å². The van der Waals surface area contributed by atoms with Crippen LogP contribution in [0.3, 0.4) is 0 Å². The molecule has 1 N–H and O–H groups in total. The summed E-state index contributed by atoms with van der Waals surface area (Å²) in [6.45, 7) is 4.08. The van der Waals surface area contributed by atoms with Gasteiger partial charge in [-0.1, -0.05) is 62.4 Å². The van der Waals surface area contributed by atoms with E-state index in [0.29, 0.717) is 23.6 Å². The number of para-hydroxylation sites is 1. The van der Waals surface area contributed by atoms with Crippen molar-refractivity contribution in [2.75, 3.05) is 0 Å². The number of fused-ring (bicyclic) bond motifs is 1. The number of nitrogens with zero attached hydrogens (tertiary/aromatic N) is 2. The Morgan fingerprint density at radius 2 is 1.41 bits per heavy atom. The number of halogens is 6. The van der Waals surface area contributed by atoms with E-state index in [1.165, 1.54) is 6.07 Å². The average Bonchev–Trinajstić information content (AvgIpc) is 2.83. The van der Waals surface area contributed by atoms with E-state index in [0.717, 1.165) is 27.8 Å². The fourth-order valence-corrected chi connectivity index (χ4v) is 4.11. The van der Waals surface area contributed by atoms with Gasteiger partial charge in [-0.3, -0.25) is 9.36 Å². The van der Waals surface area contributed by atoms with Crippen LogP contribution < -0.4 is 5.56 Å². The van der Waals surface area contributed by atoms with E-state index in [-0.39, 0.29) is 23.3 Å². The molecular weight excluding hydrogens is 498 g/mol. The quantitative estimate of drug-likeness (QED) is 0.310. The van der Waals surface area contributed by atoms with Gasteiger partial charge in [-0.25, -0.2) is 4.98 Å². The molecule has 0 aliphatic heterocycles. The van der Waals surface area contributed by atoms with E-state index >= 15 is 0 Å². The zero-order valence-electron chi connectivity index (χ0n) is 19.7. The minimum absolute atomic E-state index is 0.00695. The normalized spacial score (nSPS) is 12.9. The Kier molecular flexibility index (Phi) is 6.66. The largest absolute Gasteiger partial charge is 0.430 e. The van der Waals surface area contributed by atoms with E-state index < -0.39 is 29.1 Å². The van der Waals surface area contributed by atoms with E-state index in [4.69, 9.17) is 0 Å². The van der Waals surface area contributed by atoms with Crippen LogP contribution in [0.1, 0.15) is 42.3 Å². The molecule has 1 heterocycles. The van der Waals surface area contributed by atoms with Gasteiger partial charge in [0.2, 0.25) is 0 Å². The van der Waals surface area contributed by atoms with Gasteiger partial charge in [0.1, 0.15) is 5.82 Å². The Hall–Kier alpha value is -3.66. The van der Waals surface area contributed by atoms with Crippen molar-refractivity contribution in [1.82, 2.24) is 9.55 Å². The second-order valence-corrected chi connectivity index (χ2v) is 9.01. The Balaban J connectivity index is 1.85. The van der Waals surface area contributed by atoms with Gasteiger partial charge in [0, 0.05) is 12.0 Å². The highest BCUT2D eigenvalue weighted by Crippen LogP contribution is 2.50. The van der Waals surface area contributed by atoms with Crippen molar-refractivity contribution >= 4 is 10.9 Å². The second-order valence-electron chi connectivity index (χ2n) is 9.01. The van der Waals surface area contributed by atoms with Crippen molar-refractivity contribution < 1.29 is 31.4 Å². The Bertz CT molecular complexity index is 1460. The molecule has 4 aromatic rings. The van der Waals surface area contributed by atoms with Gasteiger partial charge in [-0.2, -0.15) is 26.3 Å². The first-order valence-electron chi connectivity index (χ1n) is 11.3. The summed E-state index contributed by atoms with van der Waals surface area (Å²) in [5, 5.41) is 9.92. The van der Waals surface area contributed by atoms with Crippen molar-refractivity contribution in [2.24, 2.45) is 0 Å². The third-order valence-corrected chi connectivity index (χ3v) is 6.22. The van der Waals surface area contributed by atoms with Gasteiger partial charge in [-0.05, 0) is 41.3 Å². The lowest BCUT2D eigenvalue weighted by Gasteiger charge is -2.32. The Morgan fingerprint density at radius 1 is 0.838 bits per heavy atom. The first-order valence-corrected chi connectivity index (χ1v) is 11.3. The lowest BCUT2D eigenvalue weighted by Crippen LogP contribution is -2.53. The van der Waals surface area contributed by atoms with Crippen molar-refractivity contribution in [2.45, 2.75) is 44.1 Å². The summed E-state index contributed by atoms with van der Waals surface area (Å²) in [6.07, 6.45) is -11.8. The molecule has 1 aromatic heterocycles. The van der Waals surface area contributed by atoms with Crippen molar-refractivity contribution in [3.8, 4) is 5.69 Å². The van der Waals surface area contributed by atoms with E-state index in [2.05, 4.69) is 4.98 Å². The predicted molar refractivity (Wildman–Crippen MR) is 127 cm³/mol. The van der Waals surface area contributed by atoms with E-state index in [9.17, 15) is 36.2 Å². The monoisotopic (exact) mass is 520 g/mol. The minimum Gasteiger partial charge on any atom is -0.369 e. The van der Waals surface area contributed by atoms with Gasteiger partial charge >= 0.3 is 12.4 Å². The molecule has 0 saturated carbocycles. The third-order valence-electron chi connectivity index (χ3n) is 6.22. The number of rotatable bonds is 5. The van der Waals surface area contributed by atoms with Gasteiger partial charge < -0.3 is 5.11 Å². The van der Waals surface area contributed by atoms with Gasteiger partial charge in [-0.15, -0.1) is 0 Å². The Morgan fingerprint density at radius 3 is 1.95 bits per heavy atom. The summed E-state index contributed by atoms with van der Waals surface area (Å²) in [6, 6.07) is 17.0. The molecule has 0 aliphatic carbocycles. The predicted octanol–water partition coefficient (Wildman–Crippen LogP) is 6.41. The van der Waals surface area contributed by atoms with Crippen LogP contribution in [-0.2, 0) is 12.0 Å². The molecule has 0 atom stereocenters. The third kappa shape index (κ3) is 4.73. The molecule has 37 heavy (non-hydrogen) atoms. The van der Waals surface area contributed by atoms with Gasteiger partial charge in [0.05, 0.1) is 16.6 Å². The summed E-state index contributed by atoms with van der Waals surface area (Å²) >= 11 is 0. The SMILES string of the molecule is CC(C)c1ccc(Cc2nc3ccccc3c(=O)n2-c2ccc(C(O)(C(F)(F)F)C(F)(F)F)cc2)cc1. The molecule has 4 nitrogen and oxygen atoms in total. The molecule has 10 heteroatoms. The first kappa shape index (κ1) is 26.4. The minimum atomic E-state index is -6.01. The van der Waals surface area contributed by atoms with Gasteiger partial charge in [0.15, 0.2) is 0 Å².